The number of benzene rings is 1. The van der Waals surface area contributed by atoms with Crippen molar-refractivity contribution in [2.45, 2.75) is 57.4 Å². The van der Waals surface area contributed by atoms with Gasteiger partial charge in [-0.1, -0.05) is 18.6 Å². The minimum Gasteiger partial charge on any atom is -0.490 e. The topological polar surface area (TPSA) is 65.1 Å². The number of carbonyl (C=O) groups excluding carboxylic acids is 2. The average Bonchev–Trinajstić information content (AvgIpc) is 2.85. The molecule has 0 saturated carbocycles. The van der Waals surface area contributed by atoms with E-state index in [2.05, 4.69) is 15.1 Å². The predicted octanol–water partition coefficient (Wildman–Crippen LogP) is 2.65. The van der Waals surface area contributed by atoms with Crippen LogP contribution in [-0.4, -0.2) is 80.1 Å². The van der Waals surface area contributed by atoms with Crippen LogP contribution in [0.1, 0.15) is 51.4 Å². The number of piperidine rings is 2. The van der Waals surface area contributed by atoms with E-state index < -0.39 is 0 Å². The maximum atomic E-state index is 12.6. The molecule has 3 heterocycles. The second-order valence-corrected chi connectivity index (χ2v) is 9.23. The molecule has 2 saturated heterocycles. The zero-order chi connectivity index (χ0) is 22.2. The van der Waals surface area contributed by atoms with Crippen molar-refractivity contribution in [1.29, 1.82) is 0 Å². The molecule has 0 unspecified atom stereocenters. The van der Waals surface area contributed by atoms with Crippen molar-refractivity contribution in [3.8, 4) is 5.75 Å². The first kappa shape index (κ1) is 23.1. The van der Waals surface area contributed by atoms with Crippen molar-refractivity contribution in [3.05, 3.63) is 24.3 Å². The van der Waals surface area contributed by atoms with E-state index in [1.54, 1.807) is 4.90 Å². The Hall–Kier alpha value is -2.12. The van der Waals surface area contributed by atoms with Gasteiger partial charge >= 0.3 is 0 Å². The van der Waals surface area contributed by atoms with Crippen LogP contribution in [0.3, 0.4) is 0 Å². The van der Waals surface area contributed by atoms with Gasteiger partial charge in [0, 0.05) is 25.4 Å². The average molecular weight is 443 g/mol. The molecule has 0 radical (unpaired) electrons. The summed E-state index contributed by atoms with van der Waals surface area (Å²) in [5.74, 6) is 0.674. The zero-order valence-corrected chi connectivity index (χ0v) is 19.3. The lowest BCUT2D eigenvalue weighted by atomic mass is 10.00. The van der Waals surface area contributed by atoms with Gasteiger partial charge in [-0.3, -0.25) is 9.59 Å². The van der Waals surface area contributed by atoms with Gasteiger partial charge in [0.1, 0.15) is 12.4 Å². The number of hydrogen-bond acceptors (Lipinski definition) is 5. The minimum atomic E-state index is -0.0382. The molecule has 0 aliphatic carbocycles. The Balaban J connectivity index is 1.08. The van der Waals surface area contributed by atoms with Crippen LogP contribution >= 0.6 is 0 Å². The van der Waals surface area contributed by atoms with Crippen molar-refractivity contribution >= 4 is 17.5 Å². The monoisotopic (exact) mass is 442 g/mol. The number of hydrogen-bond donors (Lipinski definition) is 1. The van der Waals surface area contributed by atoms with E-state index in [9.17, 15) is 9.59 Å². The third-order valence-corrected chi connectivity index (χ3v) is 7.03. The Morgan fingerprint density at radius 3 is 2.56 bits per heavy atom. The highest BCUT2D eigenvalue weighted by molar-refractivity contribution is 5.97. The molecular weight excluding hydrogens is 404 g/mol. The summed E-state index contributed by atoms with van der Waals surface area (Å²) in [6.07, 6.45) is 8.11. The SMILES string of the molecule is O=C(CCC(=O)N1CCOc2ccccc21)NCCCN1CCC(N2CCCCC2)CC1. The minimum absolute atomic E-state index is 0.0209. The zero-order valence-electron chi connectivity index (χ0n) is 19.3. The molecule has 4 rings (SSSR count). The number of rotatable bonds is 8. The molecule has 2 fully saturated rings. The van der Waals surface area contributed by atoms with Gasteiger partial charge in [-0.2, -0.15) is 0 Å². The molecule has 2 amide bonds. The highest BCUT2D eigenvalue weighted by atomic mass is 16.5. The van der Waals surface area contributed by atoms with Gasteiger partial charge in [-0.05, 0) is 77.0 Å². The molecule has 32 heavy (non-hydrogen) atoms. The van der Waals surface area contributed by atoms with E-state index in [1.165, 1.54) is 58.3 Å². The maximum absolute atomic E-state index is 12.6. The molecule has 0 spiro atoms. The summed E-state index contributed by atoms with van der Waals surface area (Å²) in [6.45, 7) is 7.66. The first-order valence-corrected chi connectivity index (χ1v) is 12.5. The van der Waals surface area contributed by atoms with Crippen molar-refractivity contribution in [3.63, 3.8) is 0 Å². The molecule has 176 valence electrons. The van der Waals surface area contributed by atoms with Crippen molar-refractivity contribution in [1.82, 2.24) is 15.1 Å². The second-order valence-electron chi connectivity index (χ2n) is 9.23. The number of anilines is 1. The van der Waals surface area contributed by atoms with Crippen LogP contribution in [0.25, 0.3) is 0 Å². The van der Waals surface area contributed by atoms with E-state index in [-0.39, 0.29) is 24.7 Å². The fourth-order valence-corrected chi connectivity index (χ4v) is 5.19. The number of amides is 2. The summed E-state index contributed by atoms with van der Waals surface area (Å²) in [5.41, 5.74) is 0.799. The van der Waals surface area contributed by atoms with E-state index in [0.29, 0.717) is 19.7 Å². The fourth-order valence-electron chi connectivity index (χ4n) is 5.19. The number of likely N-dealkylation sites (tertiary alicyclic amines) is 2. The number of carbonyl (C=O) groups is 2. The lowest BCUT2D eigenvalue weighted by Crippen LogP contribution is -2.47. The number of ether oxygens (including phenoxy) is 1. The van der Waals surface area contributed by atoms with Gasteiger partial charge in [0.25, 0.3) is 0 Å². The smallest absolute Gasteiger partial charge is 0.227 e. The van der Waals surface area contributed by atoms with Crippen molar-refractivity contribution in [2.75, 3.05) is 57.3 Å². The number of para-hydroxylation sites is 2. The lowest BCUT2D eigenvalue weighted by Gasteiger charge is -2.40. The third kappa shape index (κ3) is 6.23. The largest absolute Gasteiger partial charge is 0.490 e. The van der Waals surface area contributed by atoms with Gasteiger partial charge in [0.05, 0.1) is 12.2 Å². The van der Waals surface area contributed by atoms with Crippen LogP contribution < -0.4 is 15.0 Å². The Kier molecular flexibility index (Phi) is 8.40. The van der Waals surface area contributed by atoms with Crippen LogP contribution in [0, 0.1) is 0 Å². The molecule has 1 aromatic rings. The highest BCUT2D eigenvalue weighted by Crippen LogP contribution is 2.31. The van der Waals surface area contributed by atoms with Crippen LogP contribution in [0.5, 0.6) is 5.75 Å². The van der Waals surface area contributed by atoms with Crippen LogP contribution in [0.4, 0.5) is 5.69 Å². The van der Waals surface area contributed by atoms with E-state index in [1.807, 2.05) is 24.3 Å². The van der Waals surface area contributed by atoms with Crippen LogP contribution in [0.2, 0.25) is 0 Å². The van der Waals surface area contributed by atoms with Crippen LogP contribution in [0.15, 0.2) is 24.3 Å². The van der Waals surface area contributed by atoms with Gasteiger partial charge in [-0.25, -0.2) is 0 Å². The molecule has 3 aliphatic heterocycles. The summed E-state index contributed by atoms with van der Waals surface area (Å²) < 4.78 is 5.60. The molecular formula is C25H38N4O3. The predicted molar refractivity (Wildman–Crippen MR) is 126 cm³/mol. The first-order valence-electron chi connectivity index (χ1n) is 12.5. The summed E-state index contributed by atoms with van der Waals surface area (Å²) >= 11 is 0. The van der Waals surface area contributed by atoms with Gasteiger partial charge in [-0.15, -0.1) is 0 Å². The standard InChI is InChI=1S/C25H38N4O3/c30-24(9-10-25(31)29-19-20-32-23-8-3-2-7-22(23)29)26-13-6-14-27-17-11-21(12-18-27)28-15-4-1-5-16-28/h2-3,7-8,21H,1,4-6,9-20H2,(H,26,30). The molecule has 7 heteroatoms. The van der Waals surface area contributed by atoms with Gasteiger partial charge in [0.15, 0.2) is 0 Å². The lowest BCUT2D eigenvalue weighted by molar-refractivity contribution is -0.125. The first-order chi connectivity index (χ1) is 15.7. The Morgan fingerprint density at radius 1 is 0.969 bits per heavy atom. The molecule has 0 atom stereocenters. The van der Waals surface area contributed by atoms with Gasteiger partial charge < -0.3 is 24.8 Å². The number of nitrogens with zero attached hydrogens (tertiary/aromatic N) is 3. The Bertz CT molecular complexity index is 757. The maximum Gasteiger partial charge on any atom is 0.227 e. The molecule has 3 aliphatic rings. The quantitative estimate of drug-likeness (QED) is 0.627. The highest BCUT2D eigenvalue weighted by Gasteiger charge is 2.25. The molecule has 7 nitrogen and oxygen atoms in total. The molecule has 0 bridgehead atoms. The third-order valence-electron chi connectivity index (χ3n) is 7.03. The van der Waals surface area contributed by atoms with E-state index >= 15 is 0 Å². The molecule has 0 aromatic heterocycles. The fraction of sp³-hybridized carbons (Fsp3) is 0.680. The molecule has 1 N–H and O–H groups in total. The Morgan fingerprint density at radius 2 is 1.75 bits per heavy atom. The van der Waals surface area contributed by atoms with Crippen LogP contribution in [-0.2, 0) is 9.59 Å². The summed E-state index contributed by atoms with van der Waals surface area (Å²) in [7, 11) is 0. The normalized spacial score (nSPS) is 20.4. The summed E-state index contributed by atoms with van der Waals surface area (Å²) in [5, 5.41) is 2.99. The second kappa shape index (κ2) is 11.7. The number of nitrogens with one attached hydrogen (secondary N) is 1. The van der Waals surface area contributed by atoms with Gasteiger partial charge in [0.2, 0.25) is 11.8 Å². The van der Waals surface area contributed by atoms with E-state index in [4.69, 9.17) is 4.74 Å². The van der Waals surface area contributed by atoms with E-state index in [0.717, 1.165) is 30.4 Å². The summed E-state index contributed by atoms with van der Waals surface area (Å²) in [4.78, 5) is 31.8. The summed E-state index contributed by atoms with van der Waals surface area (Å²) in [6, 6.07) is 8.34. The van der Waals surface area contributed by atoms with Crippen molar-refractivity contribution in [2.24, 2.45) is 0 Å². The molecule has 1 aromatic carbocycles. The van der Waals surface area contributed by atoms with Crippen molar-refractivity contribution < 1.29 is 14.3 Å². The number of fused-ring (bicyclic) bond motifs is 1. The Labute approximate surface area is 192 Å².